The van der Waals surface area contributed by atoms with Gasteiger partial charge in [0.1, 0.15) is 23.2 Å². The summed E-state index contributed by atoms with van der Waals surface area (Å²) in [5, 5.41) is 5.11. The second-order valence-electron chi connectivity index (χ2n) is 6.15. The van der Waals surface area contributed by atoms with Crippen LogP contribution in [0.4, 0.5) is 14.5 Å². The lowest BCUT2D eigenvalue weighted by atomic mass is 10.0. The Bertz CT molecular complexity index is 753. The minimum absolute atomic E-state index is 0.274. The van der Waals surface area contributed by atoms with Gasteiger partial charge in [0.2, 0.25) is 5.91 Å². The van der Waals surface area contributed by atoms with Gasteiger partial charge in [0.05, 0.1) is 0 Å². The van der Waals surface area contributed by atoms with Crippen LogP contribution >= 0.6 is 0 Å². The average molecular weight is 346 g/mol. The van der Waals surface area contributed by atoms with E-state index in [1.54, 1.807) is 26.0 Å². The molecule has 25 heavy (non-hydrogen) atoms. The van der Waals surface area contributed by atoms with Gasteiger partial charge in [-0.1, -0.05) is 37.6 Å². The molecule has 2 N–H and O–H groups in total. The Labute approximate surface area is 145 Å². The van der Waals surface area contributed by atoms with Crippen LogP contribution in [-0.2, 0) is 4.79 Å². The van der Waals surface area contributed by atoms with Crippen LogP contribution in [-0.4, -0.2) is 17.9 Å². The van der Waals surface area contributed by atoms with E-state index < -0.39 is 35.1 Å². The highest BCUT2D eigenvalue weighted by Gasteiger charge is 2.27. The topological polar surface area (TPSA) is 58.2 Å². The van der Waals surface area contributed by atoms with Crippen LogP contribution in [0, 0.1) is 24.5 Å². The van der Waals surface area contributed by atoms with Gasteiger partial charge < -0.3 is 10.6 Å². The van der Waals surface area contributed by atoms with E-state index in [4.69, 9.17) is 0 Å². The number of aryl methyl sites for hydroxylation is 1. The Morgan fingerprint density at radius 2 is 1.52 bits per heavy atom. The Hall–Kier alpha value is -2.76. The lowest BCUT2D eigenvalue weighted by Crippen LogP contribution is -2.47. The van der Waals surface area contributed by atoms with Crippen LogP contribution in [0.25, 0.3) is 0 Å². The van der Waals surface area contributed by atoms with Crippen molar-refractivity contribution in [1.29, 1.82) is 0 Å². The van der Waals surface area contributed by atoms with Gasteiger partial charge in [-0.15, -0.1) is 0 Å². The Morgan fingerprint density at radius 3 is 2.04 bits per heavy atom. The van der Waals surface area contributed by atoms with E-state index in [2.05, 4.69) is 10.6 Å². The number of hydrogen-bond acceptors (Lipinski definition) is 2. The number of nitrogens with one attached hydrogen (secondary N) is 2. The predicted octanol–water partition coefficient (Wildman–Crippen LogP) is 3.67. The highest BCUT2D eigenvalue weighted by molar-refractivity contribution is 6.01. The van der Waals surface area contributed by atoms with Gasteiger partial charge in [-0.2, -0.15) is 0 Å². The molecule has 6 heteroatoms. The summed E-state index contributed by atoms with van der Waals surface area (Å²) in [6, 6.07) is 9.38. The minimum Gasteiger partial charge on any atom is -0.340 e. The largest absolute Gasteiger partial charge is 0.340 e. The molecular weight excluding hydrogens is 326 g/mol. The van der Waals surface area contributed by atoms with Crippen molar-refractivity contribution in [2.45, 2.75) is 26.8 Å². The summed E-state index contributed by atoms with van der Waals surface area (Å²) in [5.74, 6) is -3.64. The second kappa shape index (κ2) is 7.88. The summed E-state index contributed by atoms with van der Waals surface area (Å²) in [6.45, 7) is 5.39. The Morgan fingerprint density at radius 1 is 0.960 bits per heavy atom. The molecule has 4 nitrogen and oxygen atoms in total. The maximum absolute atomic E-state index is 13.7. The number of amides is 2. The van der Waals surface area contributed by atoms with Gasteiger partial charge in [0.25, 0.3) is 5.91 Å². The van der Waals surface area contributed by atoms with Crippen molar-refractivity contribution < 1.29 is 18.4 Å². The molecule has 2 aromatic carbocycles. The third-order valence-corrected chi connectivity index (χ3v) is 3.74. The summed E-state index contributed by atoms with van der Waals surface area (Å²) in [5.41, 5.74) is 0.922. The molecular formula is C19H20F2N2O2. The first kappa shape index (κ1) is 18.6. The zero-order valence-corrected chi connectivity index (χ0v) is 14.3. The van der Waals surface area contributed by atoms with Gasteiger partial charge in [-0.3, -0.25) is 9.59 Å². The van der Waals surface area contributed by atoms with E-state index in [0.29, 0.717) is 5.69 Å². The van der Waals surface area contributed by atoms with Gasteiger partial charge in [-0.05, 0) is 37.1 Å². The van der Waals surface area contributed by atoms with E-state index in [1.165, 1.54) is 6.07 Å². The monoisotopic (exact) mass is 346 g/mol. The van der Waals surface area contributed by atoms with Gasteiger partial charge in [0.15, 0.2) is 0 Å². The smallest absolute Gasteiger partial charge is 0.257 e. The van der Waals surface area contributed by atoms with Crippen molar-refractivity contribution in [3.63, 3.8) is 0 Å². The summed E-state index contributed by atoms with van der Waals surface area (Å²) < 4.78 is 27.5. The number of rotatable bonds is 5. The third kappa shape index (κ3) is 4.62. The van der Waals surface area contributed by atoms with Crippen molar-refractivity contribution in [2.24, 2.45) is 5.92 Å². The first-order valence-electron chi connectivity index (χ1n) is 7.92. The maximum atomic E-state index is 13.7. The fourth-order valence-corrected chi connectivity index (χ4v) is 2.32. The van der Waals surface area contributed by atoms with E-state index in [0.717, 1.165) is 17.7 Å². The highest BCUT2D eigenvalue weighted by Crippen LogP contribution is 2.15. The summed E-state index contributed by atoms with van der Waals surface area (Å²) >= 11 is 0. The summed E-state index contributed by atoms with van der Waals surface area (Å²) in [4.78, 5) is 24.7. The van der Waals surface area contributed by atoms with E-state index in [-0.39, 0.29) is 5.92 Å². The molecule has 132 valence electrons. The van der Waals surface area contributed by atoms with Crippen LogP contribution in [0.2, 0.25) is 0 Å². The first-order chi connectivity index (χ1) is 11.8. The number of halogens is 2. The normalized spacial score (nSPS) is 11.9. The quantitative estimate of drug-likeness (QED) is 0.868. The van der Waals surface area contributed by atoms with Gasteiger partial charge >= 0.3 is 0 Å². The molecule has 0 bridgehead atoms. The predicted molar refractivity (Wildman–Crippen MR) is 92.3 cm³/mol. The van der Waals surface area contributed by atoms with E-state index >= 15 is 0 Å². The molecule has 0 spiro atoms. The summed E-state index contributed by atoms with van der Waals surface area (Å²) in [7, 11) is 0. The number of hydrogen-bond donors (Lipinski definition) is 2. The lowest BCUT2D eigenvalue weighted by Gasteiger charge is -2.22. The molecule has 0 fully saturated rings. The van der Waals surface area contributed by atoms with Crippen molar-refractivity contribution in [3.8, 4) is 0 Å². The van der Waals surface area contributed by atoms with E-state index in [1.807, 2.05) is 19.1 Å². The molecule has 0 aliphatic rings. The molecule has 0 saturated heterocycles. The third-order valence-electron chi connectivity index (χ3n) is 3.74. The molecule has 2 amide bonds. The SMILES string of the molecule is Cc1ccc(NC(=O)C(NC(=O)c2c(F)cccc2F)C(C)C)cc1. The number of carbonyl (C=O) groups excluding carboxylic acids is 2. The van der Waals surface area contributed by atoms with Crippen LogP contribution in [0.15, 0.2) is 42.5 Å². The lowest BCUT2D eigenvalue weighted by molar-refractivity contribution is -0.118. The Balaban J connectivity index is 2.16. The minimum atomic E-state index is -0.973. The zero-order chi connectivity index (χ0) is 18.6. The molecule has 0 radical (unpaired) electrons. The fourth-order valence-electron chi connectivity index (χ4n) is 2.32. The number of benzene rings is 2. The van der Waals surface area contributed by atoms with E-state index in [9.17, 15) is 18.4 Å². The van der Waals surface area contributed by atoms with Crippen molar-refractivity contribution in [3.05, 3.63) is 65.2 Å². The first-order valence-corrected chi connectivity index (χ1v) is 7.92. The molecule has 0 heterocycles. The zero-order valence-electron chi connectivity index (χ0n) is 14.3. The van der Waals surface area contributed by atoms with Gasteiger partial charge in [0, 0.05) is 5.69 Å². The fraction of sp³-hybridized carbons (Fsp3) is 0.263. The van der Waals surface area contributed by atoms with Crippen LogP contribution in [0.1, 0.15) is 29.8 Å². The number of carbonyl (C=O) groups is 2. The maximum Gasteiger partial charge on any atom is 0.257 e. The van der Waals surface area contributed by atoms with Crippen molar-refractivity contribution in [2.75, 3.05) is 5.32 Å². The molecule has 1 atom stereocenters. The van der Waals surface area contributed by atoms with Crippen molar-refractivity contribution >= 4 is 17.5 Å². The van der Waals surface area contributed by atoms with Gasteiger partial charge in [-0.25, -0.2) is 8.78 Å². The van der Waals surface area contributed by atoms with Crippen molar-refractivity contribution in [1.82, 2.24) is 5.32 Å². The van der Waals surface area contributed by atoms with Crippen LogP contribution < -0.4 is 10.6 Å². The summed E-state index contributed by atoms with van der Waals surface area (Å²) in [6.07, 6.45) is 0. The molecule has 0 aromatic heterocycles. The molecule has 2 aromatic rings. The number of anilines is 1. The molecule has 0 saturated carbocycles. The highest BCUT2D eigenvalue weighted by atomic mass is 19.1. The van der Waals surface area contributed by atoms with Crippen LogP contribution in [0.5, 0.6) is 0 Å². The molecule has 2 rings (SSSR count). The molecule has 1 unspecified atom stereocenters. The molecule has 0 aliphatic carbocycles. The standard InChI is InChI=1S/C19H20F2N2O2/c1-11(2)17(19(25)22-13-9-7-12(3)8-10-13)23-18(24)16-14(20)5-4-6-15(16)21/h4-11,17H,1-3H3,(H,22,25)(H,23,24). The second-order valence-corrected chi connectivity index (χ2v) is 6.15. The molecule has 0 aliphatic heterocycles. The van der Waals surface area contributed by atoms with Crippen LogP contribution in [0.3, 0.4) is 0 Å². The Kier molecular flexibility index (Phi) is 5.85. The average Bonchev–Trinajstić information content (AvgIpc) is 2.54.